The topological polar surface area (TPSA) is 66.8 Å². The molecule has 0 saturated carbocycles. The van der Waals surface area contributed by atoms with E-state index in [1.54, 1.807) is 24.9 Å². The van der Waals surface area contributed by atoms with Gasteiger partial charge in [-0.3, -0.25) is 9.89 Å². The Balaban J connectivity index is 1.76. The summed E-state index contributed by atoms with van der Waals surface area (Å²) < 4.78 is 26.3. The average Bonchev–Trinajstić information content (AvgIpc) is 3.05. The number of aryl methyl sites for hydroxylation is 1. The van der Waals surface area contributed by atoms with Crippen molar-refractivity contribution in [3.05, 3.63) is 34.4 Å². The van der Waals surface area contributed by atoms with Gasteiger partial charge in [0.2, 0.25) is 5.91 Å². The minimum Gasteiger partial charge on any atom is -0.338 e. The fourth-order valence-electron chi connectivity index (χ4n) is 2.84. The van der Waals surface area contributed by atoms with Crippen molar-refractivity contribution in [1.29, 1.82) is 0 Å². The van der Waals surface area contributed by atoms with Crippen molar-refractivity contribution in [2.24, 2.45) is 0 Å². The fraction of sp³-hybridized carbons (Fsp3) is 0.500. The summed E-state index contributed by atoms with van der Waals surface area (Å²) in [6, 6.07) is 0. The van der Waals surface area contributed by atoms with Crippen LogP contribution < -0.4 is 0 Å². The Morgan fingerprint density at radius 2 is 2.23 bits per heavy atom. The number of carbonyl (C=O) groups is 1. The molecule has 3 heterocycles. The van der Waals surface area contributed by atoms with Crippen LogP contribution in [0.5, 0.6) is 0 Å². The van der Waals surface area contributed by atoms with Gasteiger partial charge in [-0.25, -0.2) is 4.68 Å². The van der Waals surface area contributed by atoms with Crippen LogP contribution in [0.1, 0.15) is 34.8 Å². The van der Waals surface area contributed by atoms with Crippen LogP contribution in [0.3, 0.4) is 0 Å². The van der Waals surface area contributed by atoms with E-state index in [1.165, 1.54) is 0 Å². The van der Waals surface area contributed by atoms with Crippen LogP contribution in [-0.4, -0.2) is 37.3 Å². The highest BCUT2D eigenvalue weighted by molar-refractivity contribution is 5.79. The molecule has 2 aromatic heterocycles. The molecule has 0 spiro atoms. The number of carbonyl (C=O) groups excluding carboxylic acids is 1. The van der Waals surface area contributed by atoms with E-state index in [4.69, 9.17) is 0 Å². The maximum atomic E-state index is 12.8. The monoisotopic (exact) mass is 309 g/mol. The van der Waals surface area contributed by atoms with E-state index in [0.29, 0.717) is 34.7 Å². The minimum atomic E-state index is -2.69. The lowest BCUT2D eigenvalue weighted by atomic mass is 10.1. The quantitative estimate of drug-likeness (QED) is 0.939. The molecule has 0 aromatic carbocycles. The zero-order valence-electron chi connectivity index (χ0n) is 12.4. The Hall–Kier alpha value is -2.25. The number of amides is 1. The molecule has 1 aliphatic heterocycles. The molecule has 0 saturated heterocycles. The first-order valence-corrected chi connectivity index (χ1v) is 7.09. The largest absolute Gasteiger partial charge is 0.338 e. The molecule has 22 heavy (non-hydrogen) atoms. The molecule has 0 unspecified atom stereocenters. The van der Waals surface area contributed by atoms with Gasteiger partial charge in [-0.1, -0.05) is 0 Å². The summed E-state index contributed by atoms with van der Waals surface area (Å²) in [5, 5.41) is 10.7. The molecule has 0 atom stereocenters. The van der Waals surface area contributed by atoms with Crippen LogP contribution in [0, 0.1) is 13.8 Å². The van der Waals surface area contributed by atoms with Gasteiger partial charge < -0.3 is 4.90 Å². The lowest BCUT2D eigenvalue weighted by Crippen LogP contribution is -2.36. The molecule has 1 aliphatic rings. The van der Waals surface area contributed by atoms with Gasteiger partial charge in [0.1, 0.15) is 0 Å². The van der Waals surface area contributed by atoms with E-state index in [9.17, 15) is 13.6 Å². The van der Waals surface area contributed by atoms with E-state index < -0.39 is 6.55 Å². The van der Waals surface area contributed by atoms with Crippen molar-refractivity contribution < 1.29 is 13.6 Å². The molecule has 0 radical (unpaired) electrons. The number of aromatic amines is 1. The molecule has 0 fully saturated rings. The summed E-state index contributed by atoms with van der Waals surface area (Å²) >= 11 is 0. The Bertz CT molecular complexity index is 706. The molecule has 8 heteroatoms. The summed E-state index contributed by atoms with van der Waals surface area (Å²) in [5.74, 6) is -0.0770. The number of halogens is 2. The van der Waals surface area contributed by atoms with Crippen LogP contribution in [0.4, 0.5) is 8.78 Å². The maximum Gasteiger partial charge on any atom is 0.333 e. The number of rotatable bonds is 3. The number of fused-ring (bicyclic) bond motifs is 1. The van der Waals surface area contributed by atoms with Crippen molar-refractivity contribution >= 4 is 5.91 Å². The van der Waals surface area contributed by atoms with Crippen molar-refractivity contribution in [3.8, 4) is 0 Å². The number of hydrogen-bond acceptors (Lipinski definition) is 3. The van der Waals surface area contributed by atoms with Gasteiger partial charge >= 0.3 is 6.55 Å². The van der Waals surface area contributed by atoms with Gasteiger partial charge in [0, 0.05) is 42.0 Å². The normalized spacial score (nSPS) is 14.5. The summed E-state index contributed by atoms with van der Waals surface area (Å²) in [5.41, 5.74) is 3.48. The van der Waals surface area contributed by atoms with E-state index in [-0.39, 0.29) is 12.3 Å². The molecule has 118 valence electrons. The SMILES string of the molecule is Cc1nn(C(F)F)c(C)c1CC(=O)N1CCc2[nH]ncc2C1. The smallest absolute Gasteiger partial charge is 0.333 e. The fourth-order valence-corrected chi connectivity index (χ4v) is 2.84. The van der Waals surface area contributed by atoms with Crippen LogP contribution in [0.15, 0.2) is 6.20 Å². The van der Waals surface area contributed by atoms with E-state index in [1.807, 2.05) is 0 Å². The molecule has 0 bridgehead atoms. The van der Waals surface area contributed by atoms with Gasteiger partial charge in [0.15, 0.2) is 0 Å². The van der Waals surface area contributed by atoms with Crippen molar-refractivity contribution in [2.45, 2.75) is 39.8 Å². The van der Waals surface area contributed by atoms with Gasteiger partial charge in [-0.15, -0.1) is 0 Å². The van der Waals surface area contributed by atoms with Crippen LogP contribution in [0.2, 0.25) is 0 Å². The first kappa shape index (κ1) is 14.7. The summed E-state index contributed by atoms with van der Waals surface area (Å²) in [6.07, 6.45) is 2.55. The number of alkyl halides is 2. The highest BCUT2D eigenvalue weighted by Gasteiger charge is 2.25. The Kier molecular flexibility index (Phi) is 3.67. The third-order valence-electron chi connectivity index (χ3n) is 4.14. The van der Waals surface area contributed by atoms with E-state index >= 15 is 0 Å². The predicted molar refractivity (Wildman–Crippen MR) is 74.4 cm³/mol. The van der Waals surface area contributed by atoms with Crippen molar-refractivity contribution in [2.75, 3.05) is 6.54 Å². The maximum absolute atomic E-state index is 12.8. The Labute approximate surface area is 126 Å². The average molecular weight is 309 g/mol. The van der Waals surface area contributed by atoms with Gasteiger partial charge in [0.05, 0.1) is 18.3 Å². The Morgan fingerprint density at radius 3 is 2.91 bits per heavy atom. The van der Waals surface area contributed by atoms with E-state index in [0.717, 1.165) is 17.7 Å². The second kappa shape index (κ2) is 5.51. The lowest BCUT2D eigenvalue weighted by Gasteiger charge is -2.26. The van der Waals surface area contributed by atoms with Crippen LogP contribution >= 0.6 is 0 Å². The summed E-state index contributed by atoms with van der Waals surface area (Å²) in [7, 11) is 0. The molecular formula is C14H17F2N5O. The number of nitrogens with zero attached hydrogens (tertiary/aromatic N) is 4. The van der Waals surface area contributed by atoms with Crippen molar-refractivity contribution in [1.82, 2.24) is 24.9 Å². The second-order valence-corrected chi connectivity index (χ2v) is 5.49. The van der Waals surface area contributed by atoms with Crippen LogP contribution in [0.25, 0.3) is 0 Å². The predicted octanol–water partition coefficient (Wildman–Crippen LogP) is 1.75. The first-order valence-electron chi connectivity index (χ1n) is 7.09. The van der Waals surface area contributed by atoms with Gasteiger partial charge in [0.25, 0.3) is 0 Å². The highest BCUT2D eigenvalue weighted by Crippen LogP contribution is 2.22. The lowest BCUT2D eigenvalue weighted by molar-refractivity contribution is -0.131. The number of hydrogen-bond donors (Lipinski definition) is 1. The molecule has 1 N–H and O–H groups in total. The molecule has 3 rings (SSSR count). The van der Waals surface area contributed by atoms with Crippen LogP contribution in [-0.2, 0) is 24.2 Å². The molecule has 1 amide bonds. The zero-order chi connectivity index (χ0) is 15.9. The third-order valence-corrected chi connectivity index (χ3v) is 4.14. The summed E-state index contributed by atoms with van der Waals surface area (Å²) in [4.78, 5) is 14.2. The first-order chi connectivity index (χ1) is 10.5. The Morgan fingerprint density at radius 1 is 1.45 bits per heavy atom. The van der Waals surface area contributed by atoms with Crippen molar-refractivity contribution in [3.63, 3.8) is 0 Å². The molecule has 6 nitrogen and oxygen atoms in total. The number of H-pyrrole nitrogens is 1. The highest BCUT2D eigenvalue weighted by atomic mass is 19.3. The summed E-state index contributed by atoms with van der Waals surface area (Å²) in [6.45, 7) is 1.64. The number of nitrogens with one attached hydrogen (secondary N) is 1. The molecule has 2 aromatic rings. The second-order valence-electron chi connectivity index (χ2n) is 5.49. The molecular weight excluding hydrogens is 292 g/mol. The van der Waals surface area contributed by atoms with Gasteiger partial charge in [-0.05, 0) is 13.8 Å². The van der Waals surface area contributed by atoms with Gasteiger partial charge in [-0.2, -0.15) is 19.0 Å². The standard InChI is InChI=1S/C14H17F2N5O/c1-8-11(9(2)21(19-8)14(15)16)5-13(22)20-4-3-12-10(7-20)6-17-18-12/h6,14H,3-5,7H2,1-2H3,(H,17,18). The third kappa shape index (κ3) is 2.49. The minimum absolute atomic E-state index is 0.0770. The molecule has 0 aliphatic carbocycles. The van der Waals surface area contributed by atoms with E-state index in [2.05, 4.69) is 15.3 Å². The number of aromatic nitrogens is 4. The zero-order valence-corrected chi connectivity index (χ0v) is 12.4.